The van der Waals surface area contributed by atoms with Crippen LogP contribution in [0.5, 0.6) is 0 Å². The summed E-state index contributed by atoms with van der Waals surface area (Å²) < 4.78 is 7.41. The van der Waals surface area contributed by atoms with E-state index in [1.54, 1.807) is 35.9 Å². The predicted molar refractivity (Wildman–Crippen MR) is 108 cm³/mol. The number of nitrogens with two attached hydrogens (primary N) is 1. The molecule has 7 heteroatoms. The molecule has 6 nitrogen and oxygen atoms in total. The second-order valence-electron chi connectivity index (χ2n) is 7.86. The van der Waals surface area contributed by atoms with Gasteiger partial charge in [0.2, 0.25) is 5.95 Å². The van der Waals surface area contributed by atoms with Crippen molar-refractivity contribution in [2.75, 3.05) is 30.3 Å². The van der Waals surface area contributed by atoms with Gasteiger partial charge in [0.1, 0.15) is 5.82 Å². The highest BCUT2D eigenvalue weighted by Gasteiger charge is 2.41. The Morgan fingerprint density at radius 1 is 1.26 bits per heavy atom. The molecule has 0 unspecified atom stereocenters. The van der Waals surface area contributed by atoms with Crippen LogP contribution in [0.4, 0.5) is 11.8 Å². The number of ether oxygens (including phenoxy) is 1. The van der Waals surface area contributed by atoms with E-state index >= 15 is 0 Å². The molecule has 2 aliphatic rings. The van der Waals surface area contributed by atoms with Gasteiger partial charge in [-0.3, -0.25) is 9.36 Å². The molecule has 0 radical (unpaired) electrons. The molecule has 2 N–H and O–H groups in total. The molecule has 2 saturated heterocycles. The van der Waals surface area contributed by atoms with Crippen LogP contribution in [0.15, 0.2) is 29.1 Å². The summed E-state index contributed by atoms with van der Waals surface area (Å²) in [6.45, 7) is 4.70. The van der Waals surface area contributed by atoms with E-state index in [4.69, 9.17) is 22.1 Å². The molecule has 3 heterocycles. The fourth-order valence-corrected chi connectivity index (χ4v) is 4.48. The van der Waals surface area contributed by atoms with Gasteiger partial charge in [0.05, 0.1) is 18.3 Å². The first-order valence-electron chi connectivity index (χ1n) is 9.38. The summed E-state index contributed by atoms with van der Waals surface area (Å²) in [6.07, 6.45) is 3.55. The van der Waals surface area contributed by atoms with E-state index < -0.39 is 0 Å². The third-order valence-corrected chi connectivity index (χ3v) is 6.18. The molecule has 2 aliphatic heterocycles. The molecule has 0 bridgehead atoms. The van der Waals surface area contributed by atoms with Gasteiger partial charge >= 0.3 is 0 Å². The second kappa shape index (κ2) is 6.84. The number of piperidine rings is 1. The van der Waals surface area contributed by atoms with Crippen molar-refractivity contribution in [3.8, 4) is 11.1 Å². The Morgan fingerprint density at radius 2 is 1.93 bits per heavy atom. The zero-order valence-electron chi connectivity index (χ0n) is 15.7. The average Bonchev–Trinajstić information content (AvgIpc) is 3.01. The fourth-order valence-electron chi connectivity index (χ4n) is 4.35. The topological polar surface area (TPSA) is 73.4 Å². The van der Waals surface area contributed by atoms with Crippen LogP contribution in [0.3, 0.4) is 0 Å². The minimum atomic E-state index is -0.141. The largest absolute Gasteiger partial charge is 0.383 e. The maximum atomic E-state index is 13.0. The Morgan fingerprint density at radius 3 is 2.52 bits per heavy atom. The summed E-state index contributed by atoms with van der Waals surface area (Å²) >= 11 is 5.95. The smallest absolute Gasteiger partial charge is 0.264 e. The quantitative estimate of drug-likeness (QED) is 0.855. The molecule has 2 aromatic rings. The minimum Gasteiger partial charge on any atom is -0.383 e. The number of nitrogen functional groups attached to an aromatic ring is 1. The first-order chi connectivity index (χ1) is 12.9. The van der Waals surface area contributed by atoms with Crippen molar-refractivity contribution in [2.24, 2.45) is 12.5 Å². The van der Waals surface area contributed by atoms with E-state index in [0.29, 0.717) is 22.6 Å². The zero-order chi connectivity index (χ0) is 19.2. The standard InChI is InChI=1S/C20H25ClN4O2/c1-13-11-20(12-27-13)7-9-25(10-8-20)19-23-17(22)16(18(26)24(19)2)14-3-5-15(21)6-4-14/h3-6,13H,7-12,22H2,1-2H3/t13-/m0/s1. The van der Waals surface area contributed by atoms with Crippen LogP contribution in [0.25, 0.3) is 11.1 Å². The molecule has 0 saturated carbocycles. The maximum Gasteiger partial charge on any atom is 0.264 e. The lowest BCUT2D eigenvalue weighted by Gasteiger charge is -2.39. The number of benzene rings is 1. The molecule has 4 rings (SSSR count). The number of hydrogen-bond donors (Lipinski definition) is 1. The van der Waals surface area contributed by atoms with Gasteiger partial charge in [0.15, 0.2) is 0 Å². The minimum absolute atomic E-state index is 0.141. The first-order valence-corrected chi connectivity index (χ1v) is 9.75. The van der Waals surface area contributed by atoms with Crippen LogP contribution in [0.1, 0.15) is 26.2 Å². The number of hydrogen-bond acceptors (Lipinski definition) is 5. The Hall–Kier alpha value is -2.05. The molecule has 27 heavy (non-hydrogen) atoms. The molecule has 1 atom stereocenters. The summed E-state index contributed by atoms with van der Waals surface area (Å²) in [5, 5.41) is 0.617. The summed E-state index contributed by atoms with van der Waals surface area (Å²) in [6, 6.07) is 7.09. The molecular formula is C20H25ClN4O2. The lowest BCUT2D eigenvalue weighted by molar-refractivity contribution is 0.0974. The van der Waals surface area contributed by atoms with Crippen molar-refractivity contribution < 1.29 is 4.74 Å². The maximum absolute atomic E-state index is 13.0. The Labute approximate surface area is 163 Å². The second-order valence-corrected chi connectivity index (χ2v) is 8.29. The van der Waals surface area contributed by atoms with Gasteiger partial charge in [-0.05, 0) is 49.3 Å². The van der Waals surface area contributed by atoms with Crippen LogP contribution in [0.2, 0.25) is 5.02 Å². The summed E-state index contributed by atoms with van der Waals surface area (Å²) in [7, 11) is 1.76. The first kappa shape index (κ1) is 18.3. The van der Waals surface area contributed by atoms with Crippen molar-refractivity contribution in [2.45, 2.75) is 32.3 Å². The lowest BCUT2D eigenvalue weighted by Crippen LogP contribution is -2.43. The van der Waals surface area contributed by atoms with Crippen molar-refractivity contribution in [3.63, 3.8) is 0 Å². The Balaban J connectivity index is 1.62. The van der Waals surface area contributed by atoms with Crippen molar-refractivity contribution in [1.29, 1.82) is 0 Å². The van der Waals surface area contributed by atoms with Crippen molar-refractivity contribution in [1.82, 2.24) is 9.55 Å². The molecule has 1 spiro atoms. The van der Waals surface area contributed by atoms with Gasteiger partial charge in [0, 0.05) is 25.2 Å². The molecule has 2 fully saturated rings. The number of anilines is 2. The highest BCUT2D eigenvalue weighted by atomic mass is 35.5. The Kier molecular flexibility index (Phi) is 4.64. The van der Waals surface area contributed by atoms with Crippen LogP contribution in [-0.4, -0.2) is 35.4 Å². The van der Waals surface area contributed by atoms with Crippen molar-refractivity contribution >= 4 is 23.4 Å². The lowest BCUT2D eigenvalue weighted by atomic mass is 9.77. The number of aromatic nitrogens is 2. The van der Waals surface area contributed by atoms with E-state index in [9.17, 15) is 4.79 Å². The monoisotopic (exact) mass is 388 g/mol. The highest BCUT2D eigenvalue weighted by molar-refractivity contribution is 6.30. The molecule has 144 valence electrons. The SMILES string of the molecule is C[C@H]1CC2(CCN(c3nc(N)c(-c4ccc(Cl)cc4)c(=O)n3C)CC2)CO1. The Bertz CT molecular complexity index is 901. The van der Waals surface area contributed by atoms with Gasteiger partial charge in [-0.15, -0.1) is 0 Å². The van der Waals surface area contributed by atoms with Crippen LogP contribution in [-0.2, 0) is 11.8 Å². The van der Waals surface area contributed by atoms with E-state index in [1.165, 1.54) is 0 Å². The fraction of sp³-hybridized carbons (Fsp3) is 0.500. The molecule has 0 aliphatic carbocycles. The number of rotatable bonds is 2. The summed E-state index contributed by atoms with van der Waals surface area (Å²) in [5.74, 6) is 0.894. The summed E-state index contributed by atoms with van der Waals surface area (Å²) in [5.41, 5.74) is 7.49. The van der Waals surface area contributed by atoms with E-state index in [0.717, 1.165) is 44.5 Å². The van der Waals surface area contributed by atoms with Gasteiger partial charge in [-0.25, -0.2) is 0 Å². The average molecular weight is 389 g/mol. The van der Waals surface area contributed by atoms with E-state index in [-0.39, 0.29) is 16.8 Å². The van der Waals surface area contributed by atoms with Crippen LogP contribution >= 0.6 is 11.6 Å². The zero-order valence-corrected chi connectivity index (χ0v) is 16.5. The number of nitrogens with zero attached hydrogens (tertiary/aromatic N) is 3. The van der Waals surface area contributed by atoms with Gasteiger partial charge in [-0.1, -0.05) is 23.7 Å². The van der Waals surface area contributed by atoms with Gasteiger partial charge in [-0.2, -0.15) is 4.98 Å². The number of halogens is 1. The molecule has 1 aromatic carbocycles. The van der Waals surface area contributed by atoms with E-state index in [1.807, 2.05) is 0 Å². The van der Waals surface area contributed by atoms with E-state index in [2.05, 4.69) is 16.8 Å². The van der Waals surface area contributed by atoms with Crippen molar-refractivity contribution in [3.05, 3.63) is 39.6 Å². The van der Waals surface area contributed by atoms with Crippen LogP contribution < -0.4 is 16.2 Å². The molecule has 1 aromatic heterocycles. The van der Waals surface area contributed by atoms with Crippen LogP contribution in [0, 0.1) is 5.41 Å². The normalized spacial score (nSPS) is 21.7. The third-order valence-electron chi connectivity index (χ3n) is 5.93. The third kappa shape index (κ3) is 3.32. The molecule has 0 amide bonds. The van der Waals surface area contributed by atoms with Gasteiger partial charge in [0.25, 0.3) is 5.56 Å². The molecular weight excluding hydrogens is 364 g/mol. The summed E-state index contributed by atoms with van der Waals surface area (Å²) in [4.78, 5) is 19.7. The highest BCUT2D eigenvalue weighted by Crippen LogP contribution is 2.42. The van der Waals surface area contributed by atoms with Gasteiger partial charge < -0.3 is 15.4 Å². The predicted octanol–water partition coefficient (Wildman–Crippen LogP) is 3.08.